The standard InChI is InChI=1S/C28H23NOS/c1-16-15-30-22-9-10-23-25(24(16)22)20-11-12-29-26(27(20)31-23)18-13-17-7-5-6-8-19(17)21(14-18)28(2,3)4/h5-15H,1-4H3. The van der Waals surface area contributed by atoms with Gasteiger partial charge in [-0.15, -0.1) is 11.3 Å². The van der Waals surface area contributed by atoms with Gasteiger partial charge in [0.15, 0.2) is 0 Å². The van der Waals surface area contributed by atoms with E-state index in [1.165, 1.54) is 53.0 Å². The second kappa shape index (κ2) is 6.41. The molecule has 0 amide bonds. The molecule has 0 fully saturated rings. The van der Waals surface area contributed by atoms with Crippen molar-refractivity contribution in [2.75, 3.05) is 0 Å². The number of hydrogen-bond donors (Lipinski definition) is 0. The van der Waals surface area contributed by atoms with Crippen molar-refractivity contribution in [2.24, 2.45) is 0 Å². The van der Waals surface area contributed by atoms with E-state index >= 15 is 0 Å². The van der Waals surface area contributed by atoms with E-state index in [4.69, 9.17) is 9.40 Å². The SMILES string of the molecule is Cc1coc2ccc3sc4c(-c5cc(C(C)(C)C)c6ccccc6c5)nccc4c3c12. The molecule has 0 saturated carbocycles. The predicted octanol–water partition coefficient (Wildman–Crippen LogP) is 8.62. The number of nitrogens with zero attached hydrogens (tertiary/aromatic N) is 1. The van der Waals surface area contributed by atoms with E-state index in [1.807, 2.05) is 23.8 Å². The summed E-state index contributed by atoms with van der Waals surface area (Å²) >= 11 is 1.82. The van der Waals surface area contributed by atoms with Crippen molar-refractivity contribution in [1.82, 2.24) is 4.98 Å². The highest BCUT2D eigenvalue weighted by Gasteiger charge is 2.21. The summed E-state index contributed by atoms with van der Waals surface area (Å²) in [7, 11) is 0. The molecule has 0 unspecified atom stereocenters. The summed E-state index contributed by atoms with van der Waals surface area (Å²) in [6, 6.07) is 19.7. The maximum atomic E-state index is 5.78. The van der Waals surface area contributed by atoms with Gasteiger partial charge in [-0.3, -0.25) is 4.98 Å². The molecule has 3 aromatic carbocycles. The van der Waals surface area contributed by atoms with Gasteiger partial charge in [-0.25, -0.2) is 0 Å². The van der Waals surface area contributed by atoms with E-state index in [-0.39, 0.29) is 5.41 Å². The first-order valence-corrected chi connectivity index (χ1v) is 11.4. The quantitative estimate of drug-likeness (QED) is 0.265. The van der Waals surface area contributed by atoms with Gasteiger partial charge < -0.3 is 4.42 Å². The molecular weight excluding hydrogens is 398 g/mol. The van der Waals surface area contributed by atoms with Crippen molar-refractivity contribution in [3.63, 3.8) is 0 Å². The van der Waals surface area contributed by atoms with Gasteiger partial charge in [-0.2, -0.15) is 0 Å². The summed E-state index contributed by atoms with van der Waals surface area (Å²) in [5.41, 5.74) is 5.77. The summed E-state index contributed by atoms with van der Waals surface area (Å²) in [4.78, 5) is 4.88. The third-order valence-electron chi connectivity index (χ3n) is 6.22. The Morgan fingerprint density at radius 2 is 1.74 bits per heavy atom. The third-order valence-corrected chi connectivity index (χ3v) is 7.39. The van der Waals surface area contributed by atoms with E-state index in [0.29, 0.717) is 0 Å². The van der Waals surface area contributed by atoms with Crippen molar-refractivity contribution in [3.05, 3.63) is 78.2 Å². The highest BCUT2D eigenvalue weighted by molar-refractivity contribution is 7.26. The van der Waals surface area contributed by atoms with Crippen LogP contribution in [-0.2, 0) is 5.41 Å². The van der Waals surface area contributed by atoms with E-state index < -0.39 is 0 Å². The Kier molecular flexibility index (Phi) is 3.85. The highest BCUT2D eigenvalue weighted by atomic mass is 32.1. The molecule has 0 atom stereocenters. The summed E-state index contributed by atoms with van der Waals surface area (Å²) in [5, 5.41) is 6.33. The first kappa shape index (κ1) is 18.6. The first-order chi connectivity index (χ1) is 14.9. The fraction of sp³-hybridized carbons (Fsp3) is 0.179. The van der Waals surface area contributed by atoms with Gasteiger partial charge >= 0.3 is 0 Å². The second-order valence-corrected chi connectivity index (χ2v) is 10.4. The number of rotatable bonds is 1. The average molecular weight is 422 g/mol. The largest absolute Gasteiger partial charge is 0.464 e. The maximum absolute atomic E-state index is 5.78. The lowest BCUT2D eigenvalue weighted by Crippen LogP contribution is -2.12. The lowest BCUT2D eigenvalue weighted by molar-refractivity contribution is 0.596. The topological polar surface area (TPSA) is 26.0 Å². The fourth-order valence-electron chi connectivity index (χ4n) is 4.75. The molecule has 152 valence electrons. The van der Waals surface area contributed by atoms with Crippen molar-refractivity contribution < 1.29 is 4.42 Å². The van der Waals surface area contributed by atoms with Crippen LogP contribution in [0.3, 0.4) is 0 Å². The molecule has 0 radical (unpaired) electrons. The number of thiophene rings is 1. The van der Waals surface area contributed by atoms with Crippen LogP contribution in [0.4, 0.5) is 0 Å². The lowest BCUT2D eigenvalue weighted by Gasteiger charge is -2.22. The molecule has 0 aliphatic rings. The Balaban J connectivity index is 1.72. The number of aryl methyl sites for hydroxylation is 1. The van der Waals surface area contributed by atoms with Crippen LogP contribution in [0.2, 0.25) is 0 Å². The fourth-order valence-corrected chi connectivity index (χ4v) is 5.97. The van der Waals surface area contributed by atoms with Gasteiger partial charge in [0, 0.05) is 32.6 Å². The summed E-state index contributed by atoms with van der Waals surface area (Å²) in [6.07, 6.45) is 3.80. The van der Waals surface area contributed by atoms with Gasteiger partial charge in [-0.05, 0) is 64.6 Å². The Bertz CT molecular complexity index is 1630. The van der Waals surface area contributed by atoms with Crippen LogP contribution < -0.4 is 0 Å². The molecule has 3 aromatic heterocycles. The minimum Gasteiger partial charge on any atom is -0.464 e. The van der Waals surface area contributed by atoms with Gasteiger partial charge in [0.2, 0.25) is 0 Å². The van der Waals surface area contributed by atoms with Crippen LogP contribution in [0.1, 0.15) is 31.9 Å². The summed E-state index contributed by atoms with van der Waals surface area (Å²) in [5.74, 6) is 0. The van der Waals surface area contributed by atoms with E-state index in [1.54, 1.807) is 0 Å². The normalized spacial score (nSPS) is 12.5. The molecule has 6 aromatic rings. The Morgan fingerprint density at radius 3 is 2.58 bits per heavy atom. The van der Waals surface area contributed by atoms with Crippen LogP contribution in [-0.4, -0.2) is 4.98 Å². The van der Waals surface area contributed by atoms with Crippen molar-refractivity contribution in [3.8, 4) is 11.3 Å². The predicted molar refractivity (Wildman–Crippen MR) is 133 cm³/mol. The second-order valence-electron chi connectivity index (χ2n) is 9.36. The van der Waals surface area contributed by atoms with E-state index in [2.05, 4.69) is 82.3 Å². The molecule has 0 N–H and O–H groups in total. The van der Waals surface area contributed by atoms with Gasteiger partial charge in [0.1, 0.15) is 5.58 Å². The summed E-state index contributed by atoms with van der Waals surface area (Å²) < 4.78 is 8.29. The number of aromatic nitrogens is 1. The number of benzene rings is 3. The van der Waals surface area contributed by atoms with Crippen LogP contribution in [0.15, 0.2) is 71.5 Å². The Labute approximate surface area is 185 Å². The van der Waals surface area contributed by atoms with Crippen LogP contribution in [0.5, 0.6) is 0 Å². The smallest absolute Gasteiger partial charge is 0.134 e. The van der Waals surface area contributed by atoms with Gasteiger partial charge in [-0.1, -0.05) is 45.0 Å². The molecule has 0 spiro atoms. The third kappa shape index (κ3) is 2.73. The zero-order chi connectivity index (χ0) is 21.3. The van der Waals surface area contributed by atoms with Crippen LogP contribution >= 0.6 is 11.3 Å². The average Bonchev–Trinajstić information content (AvgIpc) is 3.32. The minimum absolute atomic E-state index is 0.0454. The number of fused-ring (bicyclic) bond motifs is 6. The molecule has 3 heterocycles. The zero-order valence-electron chi connectivity index (χ0n) is 18.1. The molecule has 2 nitrogen and oxygen atoms in total. The number of pyridine rings is 1. The first-order valence-electron chi connectivity index (χ1n) is 10.6. The Hall–Kier alpha value is -3.17. The minimum atomic E-state index is 0.0454. The summed E-state index contributed by atoms with van der Waals surface area (Å²) in [6.45, 7) is 8.97. The maximum Gasteiger partial charge on any atom is 0.134 e. The molecule has 0 aliphatic heterocycles. The Morgan fingerprint density at radius 1 is 0.903 bits per heavy atom. The lowest BCUT2D eigenvalue weighted by atomic mass is 9.82. The van der Waals surface area contributed by atoms with Crippen molar-refractivity contribution in [2.45, 2.75) is 33.1 Å². The molecular formula is C28H23NOS. The monoisotopic (exact) mass is 421 g/mol. The molecule has 0 saturated heterocycles. The molecule has 31 heavy (non-hydrogen) atoms. The van der Waals surface area contributed by atoms with Crippen LogP contribution in [0, 0.1) is 6.92 Å². The van der Waals surface area contributed by atoms with Crippen molar-refractivity contribution >= 4 is 53.3 Å². The van der Waals surface area contributed by atoms with E-state index in [0.717, 1.165) is 11.3 Å². The highest BCUT2D eigenvalue weighted by Crippen LogP contribution is 2.44. The molecule has 0 bridgehead atoms. The molecule has 0 aliphatic carbocycles. The number of hydrogen-bond acceptors (Lipinski definition) is 3. The molecule has 3 heteroatoms. The van der Waals surface area contributed by atoms with Crippen molar-refractivity contribution in [1.29, 1.82) is 0 Å². The van der Waals surface area contributed by atoms with Gasteiger partial charge in [0.05, 0.1) is 16.7 Å². The van der Waals surface area contributed by atoms with Crippen LogP contribution in [0.25, 0.3) is 53.2 Å². The number of furan rings is 1. The van der Waals surface area contributed by atoms with Gasteiger partial charge in [0.25, 0.3) is 0 Å². The zero-order valence-corrected chi connectivity index (χ0v) is 18.9. The van der Waals surface area contributed by atoms with E-state index in [9.17, 15) is 0 Å². The molecule has 6 rings (SSSR count).